The van der Waals surface area contributed by atoms with Crippen molar-refractivity contribution < 1.29 is 4.79 Å². The summed E-state index contributed by atoms with van der Waals surface area (Å²) in [5, 5.41) is 4.10. The third kappa shape index (κ3) is 4.05. The minimum atomic E-state index is -0.569. The number of rotatable bonds is 5. The SMILES string of the molecule is CC(=O)C(C)n1ncn(-c2ccc(N3CCN(c4ccc(Br)cc4)CC3)cc2)c1=O. The Morgan fingerprint density at radius 3 is 1.87 bits per heavy atom. The van der Waals surface area contributed by atoms with E-state index in [0.717, 1.165) is 42.0 Å². The maximum atomic E-state index is 12.6. The molecule has 0 bridgehead atoms. The van der Waals surface area contributed by atoms with Crippen LogP contribution >= 0.6 is 15.9 Å². The first-order valence-corrected chi connectivity index (χ1v) is 10.8. The van der Waals surface area contributed by atoms with E-state index in [1.54, 1.807) is 6.92 Å². The van der Waals surface area contributed by atoms with Crippen LogP contribution in [0, 0.1) is 0 Å². The zero-order chi connectivity index (χ0) is 21.3. The zero-order valence-corrected chi connectivity index (χ0v) is 18.6. The first-order valence-electron chi connectivity index (χ1n) is 9.96. The number of hydrogen-bond donors (Lipinski definition) is 0. The lowest BCUT2D eigenvalue weighted by atomic mass is 10.2. The minimum Gasteiger partial charge on any atom is -0.368 e. The smallest absolute Gasteiger partial charge is 0.351 e. The quantitative estimate of drug-likeness (QED) is 0.573. The minimum absolute atomic E-state index is 0.0972. The Hall–Kier alpha value is -2.87. The number of nitrogens with zero attached hydrogens (tertiary/aromatic N) is 5. The highest BCUT2D eigenvalue weighted by Crippen LogP contribution is 2.23. The Balaban J connectivity index is 1.44. The first-order chi connectivity index (χ1) is 14.4. The van der Waals surface area contributed by atoms with Gasteiger partial charge in [0.1, 0.15) is 12.4 Å². The molecule has 1 atom stereocenters. The normalized spacial score (nSPS) is 15.3. The molecular weight excluding hydrogens is 446 g/mol. The summed E-state index contributed by atoms with van der Waals surface area (Å²) in [4.78, 5) is 28.9. The molecule has 0 saturated carbocycles. The second-order valence-electron chi connectivity index (χ2n) is 7.48. The number of benzene rings is 2. The van der Waals surface area contributed by atoms with Crippen molar-refractivity contribution in [1.82, 2.24) is 14.3 Å². The van der Waals surface area contributed by atoms with Gasteiger partial charge >= 0.3 is 5.69 Å². The number of anilines is 2. The Labute approximate surface area is 183 Å². The van der Waals surface area contributed by atoms with Crippen LogP contribution < -0.4 is 15.5 Å². The average Bonchev–Trinajstić information content (AvgIpc) is 3.15. The molecule has 1 saturated heterocycles. The number of ketones is 1. The Morgan fingerprint density at radius 1 is 0.900 bits per heavy atom. The van der Waals surface area contributed by atoms with E-state index < -0.39 is 6.04 Å². The average molecular weight is 470 g/mol. The van der Waals surface area contributed by atoms with Crippen LogP contribution in [0.5, 0.6) is 0 Å². The molecule has 0 amide bonds. The number of halogens is 1. The van der Waals surface area contributed by atoms with Gasteiger partial charge in [-0.2, -0.15) is 5.10 Å². The number of hydrogen-bond acceptors (Lipinski definition) is 5. The lowest BCUT2D eigenvalue weighted by Gasteiger charge is -2.37. The molecule has 7 nitrogen and oxygen atoms in total. The molecule has 2 heterocycles. The van der Waals surface area contributed by atoms with Crippen LogP contribution in [0.2, 0.25) is 0 Å². The van der Waals surface area contributed by atoms with Gasteiger partial charge in [0.15, 0.2) is 5.78 Å². The van der Waals surface area contributed by atoms with Gasteiger partial charge in [0, 0.05) is 42.0 Å². The predicted octanol–water partition coefficient (Wildman–Crippen LogP) is 3.27. The molecule has 4 rings (SSSR count). The number of aromatic nitrogens is 3. The summed E-state index contributed by atoms with van der Waals surface area (Å²) in [6.07, 6.45) is 1.47. The van der Waals surface area contributed by atoms with E-state index in [2.05, 4.69) is 55.1 Å². The fourth-order valence-electron chi connectivity index (χ4n) is 3.63. The number of carbonyl (C=O) groups is 1. The predicted molar refractivity (Wildman–Crippen MR) is 122 cm³/mol. The monoisotopic (exact) mass is 469 g/mol. The molecule has 3 aromatic rings. The van der Waals surface area contributed by atoms with Crippen molar-refractivity contribution in [3.8, 4) is 5.69 Å². The molecule has 30 heavy (non-hydrogen) atoms. The van der Waals surface area contributed by atoms with Gasteiger partial charge in [0.25, 0.3) is 0 Å². The lowest BCUT2D eigenvalue weighted by molar-refractivity contribution is -0.119. The summed E-state index contributed by atoms with van der Waals surface area (Å²) in [5.41, 5.74) is 2.80. The summed E-state index contributed by atoms with van der Waals surface area (Å²) < 4.78 is 3.78. The van der Waals surface area contributed by atoms with Crippen molar-refractivity contribution in [3.05, 3.63) is 69.8 Å². The molecule has 1 aliphatic heterocycles. The summed E-state index contributed by atoms with van der Waals surface area (Å²) in [6.45, 7) is 6.92. The highest BCUT2D eigenvalue weighted by Gasteiger charge is 2.19. The van der Waals surface area contributed by atoms with Crippen molar-refractivity contribution >= 4 is 33.1 Å². The largest absolute Gasteiger partial charge is 0.368 e. The Kier molecular flexibility index (Phi) is 5.76. The molecule has 1 aromatic heterocycles. The molecule has 0 N–H and O–H groups in total. The van der Waals surface area contributed by atoms with Crippen LogP contribution in [0.15, 0.2) is 64.1 Å². The van der Waals surface area contributed by atoms with Crippen LogP contribution in [0.4, 0.5) is 11.4 Å². The summed E-state index contributed by atoms with van der Waals surface area (Å²) in [5.74, 6) is -0.0972. The standard InChI is InChI=1S/C22H24BrN5O2/c1-16(17(2)29)28-22(30)27(15-24-28)21-9-7-20(8-10-21)26-13-11-25(12-14-26)19-5-3-18(23)4-6-19/h3-10,15-16H,11-14H2,1-2H3. The van der Waals surface area contributed by atoms with Crippen molar-refractivity contribution in [3.63, 3.8) is 0 Å². The second-order valence-corrected chi connectivity index (χ2v) is 8.40. The molecule has 1 unspecified atom stereocenters. The molecule has 2 aromatic carbocycles. The van der Waals surface area contributed by atoms with Crippen LogP contribution in [0.3, 0.4) is 0 Å². The molecular formula is C22H24BrN5O2. The Bertz CT molecular complexity index is 1080. The second kappa shape index (κ2) is 8.47. The molecule has 0 aliphatic carbocycles. The summed E-state index contributed by atoms with van der Waals surface area (Å²) >= 11 is 3.48. The first kappa shape index (κ1) is 20.4. The topological polar surface area (TPSA) is 63.4 Å². The van der Waals surface area contributed by atoms with Gasteiger partial charge in [-0.05, 0) is 62.4 Å². The lowest BCUT2D eigenvalue weighted by Crippen LogP contribution is -2.46. The maximum Gasteiger partial charge on any atom is 0.351 e. The number of Topliss-reactive ketones (excluding diaryl/α,β-unsaturated/α-hetero) is 1. The van der Waals surface area contributed by atoms with Crippen LogP contribution in [0.1, 0.15) is 19.9 Å². The van der Waals surface area contributed by atoms with Gasteiger partial charge in [-0.1, -0.05) is 15.9 Å². The summed E-state index contributed by atoms with van der Waals surface area (Å²) in [6, 6.07) is 15.7. The van der Waals surface area contributed by atoms with Gasteiger partial charge in [0.05, 0.1) is 5.69 Å². The van der Waals surface area contributed by atoms with E-state index >= 15 is 0 Å². The van der Waals surface area contributed by atoms with Crippen molar-refractivity contribution in [2.45, 2.75) is 19.9 Å². The van der Waals surface area contributed by atoms with Crippen molar-refractivity contribution in [2.75, 3.05) is 36.0 Å². The van der Waals surface area contributed by atoms with Gasteiger partial charge in [-0.3, -0.25) is 4.79 Å². The molecule has 0 spiro atoms. The van der Waals surface area contributed by atoms with Gasteiger partial charge in [-0.25, -0.2) is 14.0 Å². The van der Waals surface area contributed by atoms with E-state index in [9.17, 15) is 9.59 Å². The highest BCUT2D eigenvalue weighted by atomic mass is 79.9. The maximum absolute atomic E-state index is 12.6. The van der Waals surface area contributed by atoms with Gasteiger partial charge in [-0.15, -0.1) is 0 Å². The molecule has 0 radical (unpaired) electrons. The van der Waals surface area contributed by atoms with E-state index in [4.69, 9.17) is 0 Å². The van der Waals surface area contributed by atoms with Gasteiger partial charge < -0.3 is 9.80 Å². The van der Waals surface area contributed by atoms with Crippen molar-refractivity contribution in [1.29, 1.82) is 0 Å². The third-order valence-corrected chi connectivity index (χ3v) is 6.14. The number of carbonyl (C=O) groups excluding carboxylic acids is 1. The molecule has 156 valence electrons. The van der Waals surface area contributed by atoms with Crippen LogP contribution in [-0.2, 0) is 4.79 Å². The zero-order valence-electron chi connectivity index (χ0n) is 17.0. The number of piperazine rings is 1. The van der Waals surface area contributed by atoms with E-state index in [1.807, 2.05) is 24.3 Å². The molecule has 1 aliphatic rings. The molecule has 1 fully saturated rings. The van der Waals surface area contributed by atoms with Crippen LogP contribution in [0.25, 0.3) is 5.69 Å². The fraction of sp³-hybridized carbons (Fsp3) is 0.318. The summed E-state index contributed by atoms with van der Waals surface area (Å²) in [7, 11) is 0. The fourth-order valence-corrected chi connectivity index (χ4v) is 3.89. The Morgan fingerprint density at radius 2 is 1.37 bits per heavy atom. The molecule has 8 heteroatoms. The third-order valence-electron chi connectivity index (χ3n) is 5.61. The highest BCUT2D eigenvalue weighted by molar-refractivity contribution is 9.10. The van der Waals surface area contributed by atoms with Gasteiger partial charge in [0.2, 0.25) is 0 Å². The van der Waals surface area contributed by atoms with E-state index in [1.165, 1.54) is 28.2 Å². The van der Waals surface area contributed by atoms with Crippen LogP contribution in [-0.4, -0.2) is 46.3 Å². The van der Waals surface area contributed by atoms with Crippen molar-refractivity contribution in [2.24, 2.45) is 0 Å². The van der Waals surface area contributed by atoms with E-state index in [-0.39, 0.29) is 11.5 Å². The van der Waals surface area contributed by atoms with E-state index in [0.29, 0.717) is 0 Å².